The number of hydrogen-bond acceptors (Lipinski definition) is 2. The SMILES string of the molecule is Nc1ccc2nc(CC3CCCC3)[nH]c2c1. The fourth-order valence-electron chi connectivity index (χ4n) is 2.66. The second kappa shape index (κ2) is 3.81. The van der Waals surface area contributed by atoms with Crippen LogP contribution >= 0.6 is 0 Å². The number of rotatable bonds is 2. The van der Waals surface area contributed by atoms with Gasteiger partial charge in [-0.1, -0.05) is 25.7 Å². The maximum absolute atomic E-state index is 5.75. The third-order valence-electron chi connectivity index (χ3n) is 3.51. The molecule has 1 aromatic carbocycles. The number of nitrogens with two attached hydrogens (primary N) is 1. The maximum Gasteiger partial charge on any atom is 0.107 e. The van der Waals surface area contributed by atoms with Gasteiger partial charge in [0, 0.05) is 12.1 Å². The Labute approximate surface area is 95.1 Å². The zero-order valence-electron chi connectivity index (χ0n) is 9.37. The molecule has 0 unspecified atom stereocenters. The first-order valence-electron chi connectivity index (χ1n) is 6.05. The van der Waals surface area contributed by atoms with Crippen LogP contribution in [0.25, 0.3) is 11.0 Å². The highest BCUT2D eigenvalue weighted by atomic mass is 14.9. The van der Waals surface area contributed by atoms with Gasteiger partial charge in [0.25, 0.3) is 0 Å². The second-order valence-electron chi connectivity index (χ2n) is 4.81. The Kier molecular flexibility index (Phi) is 2.31. The molecule has 0 atom stereocenters. The predicted molar refractivity (Wildman–Crippen MR) is 66.2 cm³/mol. The molecule has 1 aliphatic carbocycles. The summed E-state index contributed by atoms with van der Waals surface area (Å²) in [4.78, 5) is 7.98. The van der Waals surface area contributed by atoms with Crippen molar-refractivity contribution in [3.05, 3.63) is 24.0 Å². The molecule has 1 heterocycles. The Hall–Kier alpha value is -1.51. The standard InChI is InChI=1S/C13H17N3/c14-10-5-6-11-12(8-10)16-13(15-11)7-9-3-1-2-4-9/h5-6,8-9H,1-4,7,14H2,(H,15,16). The molecule has 1 aromatic heterocycles. The number of H-pyrrole nitrogens is 1. The van der Waals surface area contributed by atoms with Gasteiger partial charge in [-0.15, -0.1) is 0 Å². The summed E-state index contributed by atoms with van der Waals surface area (Å²) in [6.45, 7) is 0. The van der Waals surface area contributed by atoms with Crippen molar-refractivity contribution in [2.75, 3.05) is 5.73 Å². The molecule has 1 fully saturated rings. The van der Waals surface area contributed by atoms with Gasteiger partial charge in [0.2, 0.25) is 0 Å². The van der Waals surface area contributed by atoms with E-state index in [1.807, 2.05) is 18.2 Å². The van der Waals surface area contributed by atoms with E-state index in [0.29, 0.717) is 0 Å². The quantitative estimate of drug-likeness (QED) is 0.757. The topological polar surface area (TPSA) is 54.7 Å². The van der Waals surface area contributed by atoms with Crippen LogP contribution in [0.15, 0.2) is 18.2 Å². The zero-order valence-corrected chi connectivity index (χ0v) is 9.37. The molecule has 0 aliphatic heterocycles. The Balaban J connectivity index is 1.86. The second-order valence-corrected chi connectivity index (χ2v) is 4.81. The van der Waals surface area contributed by atoms with Crippen molar-refractivity contribution < 1.29 is 0 Å². The van der Waals surface area contributed by atoms with E-state index in [1.165, 1.54) is 25.7 Å². The van der Waals surface area contributed by atoms with E-state index in [1.54, 1.807) is 0 Å². The van der Waals surface area contributed by atoms with Gasteiger partial charge in [0.05, 0.1) is 11.0 Å². The van der Waals surface area contributed by atoms with Gasteiger partial charge < -0.3 is 10.7 Å². The summed E-state index contributed by atoms with van der Waals surface area (Å²) in [6.07, 6.45) is 6.59. The number of nitrogen functional groups attached to an aromatic ring is 1. The number of benzene rings is 1. The molecule has 16 heavy (non-hydrogen) atoms. The summed E-state index contributed by atoms with van der Waals surface area (Å²) >= 11 is 0. The van der Waals surface area contributed by atoms with E-state index in [2.05, 4.69) is 9.97 Å². The molecule has 84 valence electrons. The Bertz CT molecular complexity index is 495. The van der Waals surface area contributed by atoms with Gasteiger partial charge in [0.15, 0.2) is 0 Å². The van der Waals surface area contributed by atoms with Crippen molar-refractivity contribution >= 4 is 16.7 Å². The van der Waals surface area contributed by atoms with Gasteiger partial charge in [-0.05, 0) is 24.1 Å². The average Bonchev–Trinajstić information content (AvgIpc) is 2.86. The van der Waals surface area contributed by atoms with Crippen LogP contribution in [0.1, 0.15) is 31.5 Å². The molecule has 0 amide bonds. The Morgan fingerprint density at radius 1 is 1.31 bits per heavy atom. The van der Waals surface area contributed by atoms with E-state index in [0.717, 1.165) is 34.9 Å². The molecule has 0 saturated heterocycles. The molecule has 0 spiro atoms. The van der Waals surface area contributed by atoms with Crippen LogP contribution in [0.2, 0.25) is 0 Å². The first-order valence-corrected chi connectivity index (χ1v) is 6.05. The fourth-order valence-corrected chi connectivity index (χ4v) is 2.66. The predicted octanol–water partition coefficient (Wildman–Crippen LogP) is 2.88. The summed E-state index contributed by atoms with van der Waals surface area (Å²) in [5.41, 5.74) is 8.64. The highest BCUT2D eigenvalue weighted by molar-refractivity contribution is 5.78. The van der Waals surface area contributed by atoms with Crippen LogP contribution in [-0.4, -0.2) is 9.97 Å². The van der Waals surface area contributed by atoms with Crippen molar-refractivity contribution in [2.45, 2.75) is 32.1 Å². The molecule has 3 rings (SSSR count). The minimum atomic E-state index is 0.795. The number of anilines is 1. The molecule has 1 aliphatic rings. The van der Waals surface area contributed by atoms with Gasteiger partial charge in [-0.2, -0.15) is 0 Å². The van der Waals surface area contributed by atoms with Gasteiger partial charge in [0.1, 0.15) is 5.82 Å². The first kappa shape index (κ1) is 9.70. The lowest BCUT2D eigenvalue weighted by Gasteiger charge is -2.04. The maximum atomic E-state index is 5.75. The number of nitrogens with zero attached hydrogens (tertiary/aromatic N) is 1. The normalized spacial score (nSPS) is 17.2. The minimum absolute atomic E-state index is 0.795. The highest BCUT2D eigenvalue weighted by Crippen LogP contribution is 2.28. The molecular formula is C13H17N3. The fraction of sp³-hybridized carbons (Fsp3) is 0.462. The lowest BCUT2D eigenvalue weighted by Crippen LogP contribution is -2.00. The number of fused-ring (bicyclic) bond motifs is 1. The van der Waals surface area contributed by atoms with E-state index >= 15 is 0 Å². The van der Waals surface area contributed by atoms with Crippen LogP contribution in [0, 0.1) is 5.92 Å². The Morgan fingerprint density at radius 3 is 2.94 bits per heavy atom. The van der Waals surface area contributed by atoms with Crippen LogP contribution < -0.4 is 5.73 Å². The summed E-state index contributed by atoms with van der Waals surface area (Å²) in [5.74, 6) is 1.95. The van der Waals surface area contributed by atoms with Crippen molar-refractivity contribution in [1.29, 1.82) is 0 Å². The summed E-state index contributed by atoms with van der Waals surface area (Å²) < 4.78 is 0. The van der Waals surface area contributed by atoms with E-state index in [9.17, 15) is 0 Å². The van der Waals surface area contributed by atoms with E-state index in [4.69, 9.17) is 5.73 Å². The molecule has 0 bridgehead atoms. The molecule has 3 N–H and O–H groups in total. The van der Waals surface area contributed by atoms with E-state index in [-0.39, 0.29) is 0 Å². The summed E-state index contributed by atoms with van der Waals surface area (Å²) in [7, 11) is 0. The van der Waals surface area contributed by atoms with Gasteiger partial charge in [-0.3, -0.25) is 0 Å². The van der Waals surface area contributed by atoms with Crippen molar-refractivity contribution in [3.8, 4) is 0 Å². The highest BCUT2D eigenvalue weighted by Gasteiger charge is 2.17. The third-order valence-corrected chi connectivity index (χ3v) is 3.51. The van der Waals surface area contributed by atoms with Crippen LogP contribution in [0.5, 0.6) is 0 Å². The Morgan fingerprint density at radius 2 is 2.12 bits per heavy atom. The van der Waals surface area contributed by atoms with Gasteiger partial charge in [-0.25, -0.2) is 4.98 Å². The minimum Gasteiger partial charge on any atom is -0.399 e. The average molecular weight is 215 g/mol. The third kappa shape index (κ3) is 1.77. The molecule has 0 radical (unpaired) electrons. The van der Waals surface area contributed by atoms with Gasteiger partial charge >= 0.3 is 0 Å². The molecule has 3 heteroatoms. The number of imidazole rings is 1. The summed E-state index contributed by atoms with van der Waals surface area (Å²) in [6, 6.07) is 5.85. The number of hydrogen-bond donors (Lipinski definition) is 2. The number of aromatic nitrogens is 2. The monoisotopic (exact) mass is 215 g/mol. The van der Waals surface area contributed by atoms with Crippen LogP contribution in [-0.2, 0) is 6.42 Å². The van der Waals surface area contributed by atoms with Crippen molar-refractivity contribution in [2.24, 2.45) is 5.92 Å². The molecule has 2 aromatic rings. The summed E-state index contributed by atoms with van der Waals surface area (Å²) in [5, 5.41) is 0. The van der Waals surface area contributed by atoms with Crippen molar-refractivity contribution in [3.63, 3.8) is 0 Å². The largest absolute Gasteiger partial charge is 0.399 e. The lowest BCUT2D eigenvalue weighted by molar-refractivity contribution is 0.534. The first-order chi connectivity index (χ1) is 7.81. The molecule has 3 nitrogen and oxygen atoms in total. The van der Waals surface area contributed by atoms with Crippen LogP contribution in [0.3, 0.4) is 0 Å². The smallest absolute Gasteiger partial charge is 0.107 e. The zero-order chi connectivity index (χ0) is 11.0. The number of nitrogens with one attached hydrogen (secondary N) is 1. The molecular weight excluding hydrogens is 198 g/mol. The van der Waals surface area contributed by atoms with E-state index < -0.39 is 0 Å². The van der Waals surface area contributed by atoms with Crippen molar-refractivity contribution in [1.82, 2.24) is 9.97 Å². The molecule has 1 saturated carbocycles. The number of aromatic amines is 1. The lowest BCUT2D eigenvalue weighted by atomic mass is 10.0. The van der Waals surface area contributed by atoms with Crippen LogP contribution in [0.4, 0.5) is 5.69 Å².